The van der Waals surface area contributed by atoms with Crippen molar-refractivity contribution in [1.82, 2.24) is 0 Å². The first-order chi connectivity index (χ1) is 9.99. The highest BCUT2D eigenvalue weighted by molar-refractivity contribution is 14.1. The molecule has 2 aromatic rings. The Kier molecular flexibility index (Phi) is 5.76. The van der Waals surface area contributed by atoms with Crippen molar-refractivity contribution in [1.29, 1.82) is 0 Å². The summed E-state index contributed by atoms with van der Waals surface area (Å²) in [7, 11) is 3.13. The molecular weight excluding hydrogens is 470 g/mol. The number of hydrogen-bond donors (Lipinski definition) is 1. The first-order valence-corrected chi connectivity index (χ1v) is 8.28. The summed E-state index contributed by atoms with van der Waals surface area (Å²) in [5, 5.41) is 11.2. The van der Waals surface area contributed by atoms with Crippen molar-refractivity contribution in [2.24, 2.45) is 0 Å². The quantitative estimate of drug-likeness (QED) is 0.635. The van der Waals surface area contributed by atoms with Gasteiger partial charge in [0.15, 0.2) is 0 Å². The SMILES string of the molecule is COc1ccc(C(O)c2ccc(I)c(Cl)c2)c(OC)c1Br. The molecular formula is C15H13BrClIO3. The molecule has 21 heavy (non-hydrogen) atoms. The molecule has 1 N–H and O–H groups in total. The fraction of sp³-hybridized carbons (Fsp3) is 0.200. The number of aliphatic hydroxyl groups excluding tert-OH is 1. The Morgan fingerprint density at radius 1 is 1.19 bits per heavy atom. The molecule has 0 saturated carbocycles. The molecule has 0 aliphatic rings. The van der Waals surface area contributed by atoms with Gasteiger partial charge in [0, 0.05) is 9.13 Å². The van der Waals surface area contributed by atoms with E-state index in [1.165, 1.54) is 0 Å². The fourth-order valence-electron chi connectivity index (χ4n) is 2.00. The van der Waals surface area contributed by atoms with Crippen LogP contribution >= 0.6 is 50.1 Å². The van der Waals surface area contributed by atoms with Crippen LogP contribution in [0.1, 0.15) is 17.2 Å². The largest absolute Gasteiger partial charge is 0.495 e. The second kappa shape index (κ2) is 7.17. The van der Waals surface area contributed by atoms with Crippen molar-refractivity contribution in [3.63, 3.8) is 0 Å². The standard InChI is InChI=1S/C15H13BrClIO3/c1-20-12-6-4-9(15(21-2)13(12)16)14(19)8-3-5-11(18)10(17)7-8/h3-7,14,19H,1-2H3. The number of ether oxygens (including phenoxy) is 2. The van der Waals surface area contributed by atoms with Crippen molar-refractivity contribution < 1.29 is 14.6 Å². The minimum Gasteiger partial charge on any atom is -0.495 e. The molecule has 1 atom stereocenters. The summed E-state index contributed by atoms with van der Waals surface area (Å²) < 4.78 is 12.2. The Bertz CT molecular complexity index is 664. The van der Waals surface area contributed by atoms with E-state index in [2.05, 4.69) is 38.5 Å². The third-order valence-electron chi connectivity index (χ3n) is 3.07. The predicted molar refractivity (Wildman–Crippen MR) is 95.5 cm³/mol. The minimum absolute atomic E-state index is 0.538. The summed E-state index contributed by atoms with van der Waals surface area (Å²) >= 11 is 11.7. The third kappa shape index (κ3) is 3.47. The molecule has 0 spiro atoms. The van der Waals surface area contributed by atoms with E-state index in [1.807, 2.05) is 12.1 Å². The van der Waals surface area contributed by atoms with Crippen LogP contribution < -0.4 is 9.47 Å². The Hall–Kier alpha value is -0.500. The van der Waals surface area contributed by atoms with Gasteiger partial charge in [-0.05, 0) is 68.3 Å². The zero-order valence-electron chi connectivity index (χ0n) is 11.4. The molecule has 0 fully saturated rings. The van der Waals surface area contributed by atoms with Gasteiger partial charge in [-0.1, -0.05) is 17.7 Å². The summed E-state index contributed by atoms with van der Waals surface area (Å²) in [5.41, 5.74) is 1.35. The van der Waals surface area contributed by atoms with E-state index in [0.717, 1.165) is 3.57 Å². The van der Waals surface area contributed by atoms with E-state index in [0.29, 0.717) is 32.1 Å². The van der Waals surface area contributed by atoms with Crippen LogP contribution in [-0.2, 0) is 0 Å². The van der Waals surface area contributed by atoms with Crippen molar-refractivity contribution in [2.75, 3.05) is 14.2 Å². The van der Waals surface area contributed by atoms with E-state index in [-0.39, 0.29) is 0 Å². The molecule has 0 saturated heterocycles. The van der Waals surface area contributed by atoms with Gasteiger partial charge in [0.2, 0.25) is 0 Å². The van der Waals surface area contributed by atoms with Gasteiger partial charge in [0.25, 0.3) is 0 Å². The lowest BCUT2D eigenvalue weighted by molar-refractivity contribution is 0.214. The fourth-order valence-corrected chi connectivity index (χ4v) is 3.20. The van der Waals surface area contributed by atoms with Crippen molar-refractivity contribution in [3.05, 3.63) is 54.5 Å². The molecule has 2 aromatic carbocycles. The molecule has 6 heteroatoms. The summed E-state index contributed by atoms with van der Waals surface area (Å²) in [6, 6.07) is 9.02. The molecule has 0 aliphatic heterocycles. The highest BCUT2D eigenvalue weighted by Gasteiger charge is 2.20. The predicted octanol–water partition coefficient (Wildman–Crippen LogP) is 4.81. The molecule has 0 aliphatic carbocycles. The maximum atomic E-state index is 10.6. The first kappa shape index (κ1) is 16.9. The Morgan fingerprint density at radius 3 is 2.48 bits per heavy atom. The van der Waals surface area contributed by atoms with Gasteiger partial charge in [-0.3, -0.25) is 0 Å². The number of aliphatic hydroxyl groups is 1. The van der Waals surface area contributed by atoms with Crippen LogP contribution in [0.3, 0.4) is 0 Å². The van der Waals surface area contributed by atoms with Crippen LogP contribution in [0.5, 0.6) is 11.5 Å². The summed E-state index contributed by atoms with van der Waals surface area (Å²) in [4.78, 5) is 0. The number of rotatable bonds is 4. The maximum absolute atomic E-state index is 10.6. The van der Waals surface area contributed by atoms with Crippen LogP contribution in [0.15, 0.2) is 34.8 Å². The topological polar surface area (TPSA) is 38.7 Å². The molecule has 0 radical (unpaired) electrons. The highest BCUT2D eigenvalue weighted by atomic mass is 127. The Labute approximate surface area is 150 Å². The molecule has 0 bridgehead atoms. The summed E-state index contributed by atoms with van der Waals surface area (Å²) in [6.07, 6.45) is -0.836. The summed E-state index contributed by atoms with van der Waals surface area (Å²) in [5.74, 6) is 1.18. The smallest absolute Gasteiger partial charge is 0.142 e. The Balaban J connectivity index is 2.50. The van der Waals surface area contributed by atoms with Crippen LogP contribution in [0.2, 0.25) is 5.02 Å². The van der Waals surface area contributed by atoms with Gasteiger partial charge in [-0.2, -0.15) is 0 Å². The van der Waals surface area contributed by atoms with E-state index >= 15 is 0 Å². The number of hydrogen-bond acceptors (Lipinski definition) is 3. The van der Waals surface area contributed by atoms with Crippen LogP contribution in [0.25, 0.3) is 0 Å². The second-order valence-electron chi connectivity index (χ2n) is 4.28. The highest BCUT2D eigenvalue weighted by Crippen LogP contribution is 2.41. The van der Waals surface area contributed by atoms with Crippen LogP contribution in [-0.4, -0.2) is 19.3 Å². The third-order valence-corrected chi connectivity index (χ3v) is 5.39. The zero-order valence-corrected chi connectivity index (χ0v) is 15.9. The second-order valence-corrected chi connectivity index (χ2v) is 6.64. The normalized spacial score (nSPS) is 12.1. The number of halogens is 3. The van der Waals surface area contributed by atoms with Crippen LogP contribution in [0, 0.1) is 3.57 Å². The van der Waals surface area contributed by atoms with Gasteiger partial charge in [-0.15, -0.1) is 0 Å². The van der Waals surface area contributed by atoms with Crippen LogP contribution in [0.4, 0.5) is 0 Å². The minimum atomic E-state index is -0.836. The number of benzene rings is 2. The number of methoxy groups -OCH3 is 2. The van der Waals surface area contributed by atoms with Gasteiger partial charge >= 0.3 is 0 Å². The summed E-state index contributed by atoms with van der Waals surface area (Å²) in [6.45, 7) is 0. The van der Waals surface area contributed by atoms with E-state index in [9.17, 15) is 5.11 Å². The van der Waals surface area contributed by atoms with Gasteiger partial charge in [0.05, 0.1) is 19.2 Å². The lowest BCUT2D eigenvalue weighted by Gasteiger charge is -2.18. The Morgan fingerprint density at radius 2 is 1.90 bits per heavy atom. The molecule has 0 heterocycles. The van der Waals surface area contributed by atoms with Crippen molar-refractivity contribution >= 4 is 50.1 Å². The molecule has 2 rings (SSSR count). The van der Waals surface area contributed by atoms with Crippen molar-refractivity contribution in [2.45, 2.75) is 6.10 Å². The lowest BCUT2D eigenvalue weighted by atomic mass is 10.0. The maximum Gasteiger partial charge on any atom is 0.142 e. The van der Waals surface area contributed by atoms with E-state index in [1.54, 1.807) is 32.4 Å². The molecule has 3 nitrogen and oxygen atoms in total. The molecule has 0 aromatic heterocycles. The molecule has 1 unspecified atom stereocenters. The zero-order chi connectivity index (χ0) is 15.6. The monoisotopic (exact) mass is 482 g/mol. The van der Waals surface area contributed by atoms with Gasteiger partial charge < -0.3 is 14.6 Å². The molecule has 0 amide bonds. The lowest BCUT2D eigenvalue weighted by Crippen LogP contribution is -2.04. The average Bonchev–Trinajstić information content (AvgIpc) is 2.49. The van der Waals surface area contributed by atoms with Gasteiger partial charge in [-0.25, -0.2) is 0 Å². The van der Waals surface area contributed by atoms with E-state index < -0.39 is 6.10 Å². The first-order valence-electron chi connectivity index (χ1n) is 6.03. The average molecular weight is 484 g/mol. The van der Waals surface area contributed by atoms with Gasteiger partial charge in [0.1, 0.15) is 22.1 Å². The van der Waals surface area contributed by atoms with Crippen molar-refractivity contribution in [3.8, 4) is 11.5 Å². The molecule has 112 valence electrons. The van der Waals surface area contributed by atoms with E-state index in [4.69, 9.17) is 21.1 Å².